The second-order valence-electron chi connectivity index (χ2n) is 4.09. The van der Waals surface area contributed by atoms with Gasteiger partial charge in [-0.1, -0.05) is 31.3 Å². The van der Waals surface area contributed by atoms with Gasteiger partial charge in [0.1, 0.15) is 6.61 Å². The first-order valence-electron chi connectivity index (χ1n) is 6.25. The molecule has 0 aliphatic heterocycles. The molecule has 0 fully saturated rings. The summed E-state index contributed by atoms with van der Waals surface area (Å²) < 4.78 is 10.3. The second kappa shape index (κ2) is 8.61. The van der Waals surface area contributed by atoms with Gasteiger partial charge in [-0.2, -0.15) is 0 Å². The first-order valence-corrected chi connectivity index (χ1v) is 6.66. The van der Waals surface area contributed by atoms with Gasteiger partial charge in [-0.3, -0.25) is 0 Å². The van der Waals surface area contributed by atoms with Crippen LogP contribution in [-0.4, -0.2) is 30.8 Å². The minimum absolute atomic E-state index is 0.262. The number of thiocarbonyl (C=S) groups is 1. The zero-order valence-corrected chi connectivity index (χ0v) is 11.9. The largest absolute Gasteiger partial charge is 0.460 e. The highest BCUT2D eigenvalue weighted by Gasteiger charge is 2.07. The first kappa shape index (κ1) is 15.6. The summed E-state index contributed by atoms with van der Waals surface area (Å²) in [6.07, 6.45) is 1.44. The van der Waals surface area contributed by atoms with Crippen LogP contribution in [0.25, 0.3) is 0 Å². The molecule has 0 aliphatic rings. The van der Waals surface area contributed by atoms with E-state index in [-0.39, 0.29) is 12.6 Å². The van der Waals surface area contributed by atoms with Crippen molar-refractivity contribution in [2.75, 3.05) is 19.8 Å². The maximum atomic E-state index is 11.8. The Bertz CT molecular complexity index is 434. The fourth-order valence-corrected chi connectivity index (χ4v) is 1.70. The molecule has 0 atom stereocenters. The van der Waals surface area contributed by atoms with E-state index in [1.54, 1.807) is 18.2 Å². The molecule has 1 rings (SSSR count). The second-order valence-corrected chi connectivity index (χ2v) is 4.62. The van der Waals surface area contributed by atoms with E-state index in [2.05, 4.69) is 0 Å². The molecular formula is C14H19NO3S. The van der Waals surface area contributed by atoms with Crippen molar-refractivity contribution in [3.05, 3.63) is 35.4 Å². The smallest absolute Gasteiger partial charge is 0.338 e. The van der Waals surface area contributed by atoms with Crippen LogP contribution in [0.5, 0.6) is 0 Å². The van der Waals surface area contributed by atoms with Crippen LogP contribution in [0.15, 0.2) is 24.3 Å². The predicted octanol–water partition coefficient (Wildman–Crippen LogP) is 2.10. The maximum Gasteiger partial charge on any atom is 0.338 e. The number of rotatable bonds is 8. The minimum atomic E-state index is -0.357. The molecule has 2 N–H and O–H groups in total. The van der Waals surface area contributed by atoms with Gasteiger partial charge in [-0.05, 0) is 24.1 Å². The molecule has 0 radical (unpaired) electrons. The molecule has 19 heavy (non-hydrogen) atoms. The van der Waals surface area contributed by atoms with Crippen molar-refractivity contribution < 1.29 is 14.3 Å². The Morgan fingerprint density at radius 2 is 2.11 bits per heavy atom. The third kappa shape index (κ3) is 6.31. The Morgan fingerprint density at radius 3 is 2.79 bits per heavy atom. The number of hydrogen-bond acceptors (Lipinski definition) is 4. The summed E-state index contributed by atoms with van der Waals surface area (Å²) in [4.78, 5) is 12.2. The highest BCUT2D eigenvalue weighted by Crippen LogP contribution is 2.08. The van der Waals surface area contributed by atoms with Gasteiger partial charge >= 0.3 is 5.97 Å². The highest BCUT2D eigenvalue weighted by molar-refractivity contribution is 7.80. The van der Waals surface area contributed by atoms with Crippen LogP contribution in [0.1, 0.15) is 29.3 Å². The highest BCUT2D eigenvalue weighted by atomic mass is 32.1. The van der Waals surface area contributed by atoms with Gasteiger partial charge in [0.25, 0.3) is 0 Å². The summed E-state index contributed by atoms with van der Waals surface area (Å²) in [6, 6.07) is 7.12. The van der Waals surface area contributed by atoms with Crippen molar-refractivity contribution in [2.45, 2.75) is 19.8 Å². The summed E-state index contributed by atoms with van der Waals surface area (Å²) in [5, 5.41) is 0. The van der Waals surface area contributed by atoms with Gasteiger partial charge in [0.15, 0.2) is 0 Å². The number of ether oxygens (including phenoxy) is 2. The van der Waals surface area contributed by atoms with Gasteiger partial charge in [0.05, 0.1) is 17.2 Å². The Labute approximate surface area is 118 Å². The molecule has 4 nitrogen and oxygen atoms in total. The van der Waals surface area contributed by atoms with Crippen molar-refractivity contribution in [3.8, 4) is 0 Å². The number of benzene rings is 1. The van der Waals surface area contributed by atoms with Gasteiger partial charge in [0, 0.05) is 13.0 Å². The zero-order chi connectivity index (χ0) is 14.1. The van der Waals surface area contributed by atoms with E-state index in [1.807, 2.05) is 13.0 Å². The molecule has 0 aliphatic carbocycles. The molecule has 1 aromatic carbocycles. The van der Waals surface area contributed by atoms with E-state index >= 15 is 0 Å². The van der Waals surface area contributed by atoms with Crippen molar-refractivity contribution in [3.63, 3.8) is 0 Å². The lowest BCUT2D eigenvalue weighted by Gasteiger charge is -2.06. The zero-order valence-electron chi connectivity index (χ0n) is 11.1. The fourth-order valence-electron chi connectivity index (χ4n) is 1.53. The van der Waals surface area contributed by atoms with Crippen molar-refractivity contribution in [1.29, 1.82) is 0 Å². The third-order valence-corrected chi connectivity index (χ3v) is 2.49. The monoisotopic (exact) mass is 281 g/mol. The molecule has 0 bridgehead atoms. The molecule has 1 aromatic rings. The predicted molar refractivity (Wildman–Crippen MR) is 78.3 cm³/mol. The molecule has 0 amide bonds. The van der Waals surface area contributed by atoms with Crippen LogP contribution in [-0.2, 0) is 15.9 Å². The van der Waals surface area contributed by atoms with E-state index < -0.39 is 0 Å². The summed E-state index contributed by atoms with van der Waals surface area (Å²) in [5.41, 5.74) is 6.89. The lowest BCUT2D eigenvalue weighted by atomic mass is 10.1. The standard InChI is InChI=1S/C14H19NO3S/c1-2-6-17-7-8-18-14(16)12-5-3-4-11(9-12)10-13(15)19/h3-5,9H,2,6-8,10H2,1H3,(H2,15,19). The van der Waals surface area contributed by atoms with Crippen LogP contribution in [0.4, 0.5) is 0 Å². The quantitative estimate of drug-likeness (QED) is 0.449. The lowest BCUT2D eigenvalue weighted by molar-refractivity contribution is 0.0318. The topological polar surface area (TPSA) is 61.5 Å². The molecule has 5 heteroatoms. The van der Waals surface area contributed by atoms with Crippen LogP contribution < -0.4 is 5.73 Å². The van der Waals surface area contributed by atoms with E-state index in [9.17, 15) is 4.79 Å². The summed E-state index contributed by atoms with van der Waals surface area (Å²) >= 11 is 4.84. The number of hydrogen-bond donors (Lipinski definition) is 1. The van der Waals surface area contributed by atoms with Crippen LogP contribution >= 0.6 is 12.2 Å². The third-order valence-electron chi connectivity index (χ3n) is 2.35. The van der Waals surface area contributed by atoms with Crippen molar-refractivity contribution in [2.24, 2.45) is 5.73 Å². The average Bonchev–Trinajstić information content (AvgIpc) is 2.38. The van der Waals surface area contributed by atoms with Crippen LogP contribution in [0.2, 0.25) is 0 Å². The molecule has 0 spiro atoms. The van der Waals surface area contributed by atoms with Gasteiger partial charge in [-0.25, -0.2) is 4.79 Å². The lowest BCUT2D eigenvalue weighted by Crippen LogP contribution is -2.13. The van der Waals surface area contributed by atoms with Gasteiger partial charge in [0.2, 0.25) is 0 Å². The SMILES string of the molecule is CCCOCCOC(=O)c1cccc(CC(N)=S)c1. The van der Waals surface area contributed by atoms with Crippen LogP contribution in [0.3, 0.4) is 0 Å². The average molecular weight is 281 g/mol. The molecule has 0 saturated heterocycles. The Kier molecular flexibility index (Phi) is 7.07. The van der Waals surface area contributed by atoms with E-state index in [4.69, 9.17) is 27.4 Å². The van der Waals surface area contributed by atoms with Crippen molar-refractivity contribution in [1.82, 2.24) is 0 Å². The molecule has 0 saturated carbocycles. The van der Waals surface area contributed by atoms with Gasteiger partial charge in [-0.15, -0.1) is 0 Å². The summed E-state index contributed by atoms with van der Waals surface area (Å²) in [5.74, 6) is -0.357. The Hall–Kier alpha value is -1.46. The normalized spacial score (nSPS) is 10.2. The molecule has 0 aromatic heterocycles. The van der Waals surface area contributed by atoms with Crippen LogP contribution in [0, 0.1) is 0 Å². The van der Waals surface area contributed by atoms with E-state index in [0.29, 0.717) is 30.2 Å². The molecule has 0 unspecified atom stereocenters. The Balaban J connectivity index is 2.45. The Morgan fingerprint density at radius 1 is 1.32 bits per heavy atom. The van der Waals surface area contributed by atoms with Crippen molar-refractivity contribution >= 4 is 23.2 Å². The molecule has 104 valence electrons. The van der Waals surface area contributed by atoms with E-state index in [0.717, 1.165) is 12.0 Å². The first-order chi connectivity index (χ1) is 9.13. The number of carbonyl (C=O) groups excluding carboxylic acids is 1. The summed E-state index contributed by atoms with van der Waals surface area (Å²) in [6.45, 7) is 3.39. The molecular weight excluding hydrogens is 262 g/mol. The summed E-state index contributed by atoms with van der Waals surface area (Å²) in [7, 11) is 0. The molecule has 0 heterocycles. The van der Waals surface area contributed by atoms with E-state index in [1.165, 1.54) is 0 Å². The number of nitrogens with two attached hydrogens (primary N) is 1. The minimum Gasteiger partial charge on any atom is -0.460 e. The maximum absolute atomic E-state index is 11.8. The number of carbonyl (C=O) groups is 1. The number of esters is 1. The fraction of sp³-hybridized carbons (Fsp3) is 0.429. The van der Waals surface area contributed by atoms with Gasteiger partial charge < -0.3 is 15.2 Å².